The molecule has 1 aliphatic rings. The van der Waals surface area contributed by atoms with E-state index in [1.807, 2.05) is 48.5 Å². The van der Waals surface area contributed by atoms with Gasteiger partial charge in [-0.1, -0.05) is 53.7 Å². The lowest BCUT2D eigenvalue weighted by Gasteiger charge is -2.14. The van der Waals surface area contributed by atoms with Crippen LogP contribution in [0.25, 0.3) is 6.08 Å². The minimum absolute atomic E-state index is 0.282. The normalized spacial score (nSPS) is 14.9. The molecule has 9 heteroatoms. The number of amides is 2. The van der Waals surface area contributed by atoms with E-state index in [1.54, 1.807) is 23.6 Å². The van der Waals surface area contributed by atoms with Crippen LogP contribution in [-0.4, -0.2) is 21.1 Å². The maximum Gasteiger partial charge on any atom is 0.285 e. The minimum Gasteiger partial charge on any atom is -0.489 e. The van der Waals surface area contributed by atoms with Crippen molar-refractivity contribution < 1.29 is 14.3 Å². The highest BCUT2D eigenvalue weighted by molar-refractivity contribution is 8.26. The van der Waals surface area contributed by atoms with Gasteiger partial charge in [-0.05, 0) is 65.1 Å². The summed E-state index contributed by atoms with van der Waals surface area (Å²) in [5, 5.41) is 3.59. The molecule has 0 unspecified atom stereocenters. The van der Waals surface area contributed by atoms with Crippen LogP contribution in [0, 0.1) is 0 Å². The van der Waals surface area contributed by atoms with Gasteiger partial charge in [0.25, 0.3) is 11.8 Å². The second-order valence-corrected chi connectivity index (χ2v) is 9.48. The molecule has 1 N–H and O–H groups in total. The molecule has 0 bridgehead atoms. The monoisotopic (exact) mass is 486 g/mol. The molecule has 0 aliphatic carbocycles. The number of thioether (sulfide) groups is 1. The maximum absolute atomic E-state index is 12.7. The quantitative estimate of drug-likeness (QED) is 0.367. The molecule has 2 heterocycles. The average Bonchev–Trinajstić information content (AvgIpc) is 3.39. The van der Waals surface area contributed by atoms with Crippen LogP contribution < -0.4 is 10.2 Å². The van der Waals surface area contributed by atoms with Crippen LogP contribution in [0.2, 0.25) is 5.02 Å². The summed E-state index contributed by atoms with van der Waals surface area (Å²) in [6.45, 7) is 0.430. The lowest BCUT2D eigenvalue weighted by molar-refractivity contribution is -0.123. The lowest BCUT2D eigenvalue weighted by atomic mass is 10.2. The summed E-state index contributed by atoms with van der Waals surface area (Å²) >= 11 is 13.6. The highest BCUT2D eigenvalue weighted by atomic mass is 35.5. The molecule has 0 spiro atoms. The van der Waals surface area contributed by atoms with Crippen molar-refractivity contribution in [3.05, 3.63) is 92.0 Å². The third-order valence-corrected chi connectivity index (χ3v) is 6.67. The SMILES string of the molecule is O=C(NN1C(=O)/C(=C\c2ccc(OCc3ccc(Cl)cc3)cc2)SC1=S)c1cccs1. The van der Waals surface area contributed by atoms with Gasteiger partial charge in [-0.25, -0.2) is 0 Å². The van der Waals surface area contributed by atoms with Gasteiger partial charge in [-0.3, -0.25) is 15.0 Å². The fourth-order valence-electron chi connectivity index (χ4n) is 2.69. The number of carbonyl (C=O) groups is 2. The van der Waals surface area contributed by atoms with E-state index in [1.165, 1.54) is 11.3 Å². The Kier molecular flexibility index (Phi) is 6.72. The largest absolute Gasteiger partial charge is 0.489 e. The molecule has 0 atom stereocenters. The van der Waals surface area contributed by atoms with E-state index < -0.39 is 0 Å². The van der Waals surface area contributed by atoms with Gasteiger partial charge < -0.3 is 4.74 Å². The van der Waals surface area contributed by atoms with Crippen molar-refractivity contribution in [1.29, 1.82) is 0 Å². The first-order valence-corrected chi connectivity index (χ1v) is 11.6. The van der Waals surface area contributed by atoms with Gasteiger partial charge in [0.2, 0.25) is 0 Å². The summed E-state index contributed by atoms with van der Waals surface area (Å²) in [5.74, 6) is -0.0134. The van der Waals surface area contributed by atoms with Crippen molar-refractivity contribution in [2.24, 2.45) is 0 Å². The lowest BCUT2D eigenvalue weighted by Crippen LogP contribution is -2.44. The van der Waals surface area contributed by atoms with Crippen LogP contribution in [0.1, 0.15) is 20.8 Å². The summed E-state index contributed by atoms with van der Waals surface area (Å²) < 4.78 is 6.06. The Morgan fingerprint density at radius 2 is 1.87 bits per heavy atom. The summed E-state index contributed by atoms with van der Waals surface area (Å²) in [4.78, 5) is 25.9. The van der Waals surface area contributed by atoms with Crippen molar-refractivity contribution in [2.75, 3.05) is 0 Å². The molecule has 156 valence electrons. The third-order valence-electron chi connectivity index (χ3n) is 4.25. The highest BCUT2D eigenvalue weighted by Gasteiger charge is 2.33. The maximum atomic E-state index is 12.7. The molecule has 5 nitrogen and oxygen atoms in total. The first kappa shape index (κ1) is 21.6. The standard InChI is InChI=1S/C22H15ClN2O3S3/c23-16-7-3-15(4-8-16)13-28-17-9-5-14(6-10-17)12-19-21(27)25(22(29)31-19)24-20(26)18-2-1-11-30-18/h1-12H,13H2,(H,24,26)/b19-12+. The van der Waals surface area contributed by atoms with Crippen LogP contribution >= 0.6 is 46.9 Å². The van der Waals surface area contributed by atoms with Crippen molar-refractivity contribution >= 4 is 69.1 Å². The zero-order chi connectivity index (χ0) is 21.8. The predicted octanol–water partition coefficient (Wildman–Crippen LogP) is 5.53. The van der Waals surface area contributed by atoms with E-state index in [2.05, 4.69) is 5.43 Å². The number of hydrazine groups is 1. The van der Waals surface area contributed by atoms with E-state index in [0.29, 0.717) is 27.2 Å². The van der Waals surface area contributed by atoms with Crippen molar-refractivity contribution in [2.45, 2.75) is 6.61 Å². The van der Waals surface area contributed by atoms with Crippen LogP contribution in [0.3, 0.4) is 0 Å². The smallest absolute Gasteiger partial charge is 0.285 e. The van der Waals surface area contributed by atoms with E-state index >= 15 is 0 Å². The number of hydrogen-bond acceptors (Lipinski definition) is 6. The molecule has 2 amide bonds. The van der Waals surface area contributed by atoms with Gasteiger partial charge in [0.15, 0.2) is 4.32 Å². The molecular weight excluding hydrogens is 472 g/mol. The zero-order valence-electron chi connectivity index (χ0n) is 15.9. The van der Waals surface area contributed by atoms with Crippen LogP contribution in [0.15, 0.2) is 70.9 Å². The van der Waals surface area contributed by atoms with Crippen LogP contribution in [-0.2, 0) is 11.4 Å². The number of thiophene rings is 1. The first-order chi connectivity index (χ1) is 15.0. The molecule has 31 heavy (non-hydrogen) atoms. The molecule has 0 radical (unpaired) electrons. The van der Waals surface area contributed by atoms with Gasteiger partial charge in [0.05, 0.1) is 9.78 Å². The zero-order valence-corrected chi connectivity index (χ0v) is 19.1. The fourth-order valence-corrected chi connectivity index (χ4v) is 4.61. The fraction of sp³-hybridized carbons (Fsp3) is 0.0455. The number of rotatable bonds is 6. The van der Waals surface area contributed by atoms with Gasteiger partial charge in [-0.2, -0.15) is 5.01 Å². The Balaban J connectivity index is 1.38. The van der Waals surface area contributed by atoms with Crippen LogP contribution in [0.4, 0.5) is 0 Å². The Morgan fingerprint density at radius 1 is 1.13 bits per heavy atom. The number of nitrogens with one attached hydrogen (secondary N) is 1. The minimum atomic E-state index is -0.366. The molecule has 0 saturated carbocycles. The van der Waals surface area contributed by atoms with Crippen molar-refractivity contribution in [3.8, 4) is 5.75 Å². The van der Waals surface area contributed by atoms with Crippen molar-refractivity contribution in [3.63, 3.8) is 0 Å². The molecule has 2 aromatic carbocycles. The summed E-state index contributed by atoms with van der Waals surface area (Å²) in [6, 6.07) is 18.3. The first-order valence-electron chi connectivity index (χ1n) is 9.09. The van der Waals surface area contributed by atoms with Gasteiger partial charge in [0, 0.05) is 5.02 Å². The third kappa shape index (κ3) is 5.34. The molecule has 1 fully saturated rings. The topological polar surface area (TPSA) is 58.6 Å². The van der Waals surface area contributed by atoms with Gasteiger partial charge >= 0.3 is 0 Å². The average molecular weight is 487 g/mol. The molecular formula is C22H15ClN2O3S3. The summed E-state index contributed by atoms with van der Waals surface area (Å²) in [7, 11) is 0. The van der Waals surface area contributed by atoms with E-state index in [-0.39, 0.29) is 16.1 Å². The number of hydrogen-bond donors (Lipinski definition) is 1. The highest BCUT2D eigenvalue weighted by Crippen LogP contribution is 2.32. The molecule has 1 aromatic heterocycles. The number of ether oxygens (including phenoxy) is 1. The molecule has 3 aromatic rings. The Bertz CT molecular complexity index is 1140. The Morgan fingerprint density at radius 3 is 2.55 bits per heavy atom. The number of carbonyl (C=O) groups excluding carboxylic acids is 2. The molecule has 4 rings (SSSR count). The van der Waals surface area contributed by atoms with Gasteiger partial charge in [-0.15, -0.1) is 11.3 Å². The number of benzene rings is 2. The molecule has 1 saturated heterocycles. The van der Waals surface area contributed by atoms with Crippen LogP contribution in [0.5, 0.6) is 5.75 Å². The van der Waals surface area contributed by atoms with Gasteiger partial charge in [0.1, 0.15) is 12.4 Å². The number of nitrogens with zero attached hydrogens (tertiary/aromatic N) is 1. The second-order valence-electron chi connectivity index (χ2n) is 6.42. The summed E-state index contributed by atoms with van der Waals surface area (Å²) in [5.41, 5.74) is 4.40. The summed E-state index contributed by atoms with van der Waals surface area (Å²) in [6.07, 6.45) is 1.74. The van der Waals surface area contributed by atoms with E-state index in [0.717, 1.165) is 27.9 Å². The number of halogens is 1. The van der Waals surface area contributed by atoms with Crippen molar-refractivity contribution in [1.82, 2.24) is 10.4 Å². The second kappa shape index (κ2) is 9.65. The predicted molar refractivity (Wildman–Crippen MR) is 129 cm³/mol. The van der Waals surface area contributed by atoms with E-state index in [4.69, 9.17) is 28.6 Å². The Hall–Kier alpha value is -2.65. The Labute approximate surface area is 197 Å². The molecule has 1 aliphatic heterocycles. The van der Waals surface area contributed by atoms with E-state index in [9.17, 15) is 9.59 Å². The number of thiocarbonyl (C=S) groups is 1.